The molecule has 1 fully saturated rings. The van der Waals surface area contributed by atoms with Gasteiger partial charge in [-0.15, -0.1) is 0 Å². The number of aromatic nitrogens is 4. The molecule has 3 aromatic rings. The summed E-state index contributed by atoms with van der Waals surface area (Å²) in [6, 6.07) is 3.59. The van der Waals surface area contributed by atoms with Gasteiger partial charge in [0.05, 0.1) is 5.56 Å². The van der Waals surface area contributed by atoms with Crippen molar-refractivity contribution in [3.05, 3.63) is 48.2 Å². The Morgan fingerprint density at radius 1 is 1.19 bits per heavy atom. The second kappa shape index (κ2) is 8.40. The predicted molar refractivity (Wildman–Crippen MR) is 129 cm³/mol. The van der Waals surface area contributed by atoms with Gasteiger partial charge in [0.1, 0.15) is 17.8 Å². The molecule has 1 aliphatic rings. The van der Waals surface area contributed by atoms with Crippen molar-refractivity contribution < 1.29 is 9.22 Å². The van der Waals surface area contributed by atoms with Gasteiger partial charge in [0.25, 0.3) is 0 Å². The van der Waals surface area contributed by atoms with Crippen molar-refractivity contribution in [2.45, 2.75) is 76.7 Å². The van der Waals surface area contributed by atoms with E-state index in [9.17, 15) is 4.79 Å². The molecule has 0 atom stereocenters. The van der Waals surface area contributed by atoms with Gasteiger partial charge in [-0.05, 0) is 55.9 Å². The van der Waals surface area contributed by atoms with Crippen molar-refractivity contribution in [1.82, 2.24) is 19.5 Å². The van der Waals surface area contributed by atoms with E-state index in [1.807, 2.05) is 6.20 Å². The summed E-state index contributed by atoms with van der Waals surface area (Å²) in [6.45, 7) is 11.5. The number of nitrogen functional groups attached to an aromatic ring is 1. The van der Waals surface area contributed by atoms with Gasteiger partial charge in [0, 0.05) is 41.7 Å². The molecule has 0 spiro atoms. The van der Waals surface area contributed by atoms with Gasteiger partial charge < -0.3 is 14.7 Å². The molecule has 0 aliphatic heterocycles. The maximum Gasteiger partial charge on any atom is 0.195 e. The van der Waals surface area contributed by atoms with Crippen LogP contribution in [0.25, 0.3) is 11.0 Å². The number of carbonyl (C=O) groups excluding carboxylic acids is 1. The monoisotopic (exact) mass is 451 g/mol. The van der Waals surface area contributed by atoms with Crippen LogP contribution in [0.2, 0.25) is 18.1 Å². The van der Waals surface area contributed by atoms with Crippen LogP contribution in [0, 0.1) is 0 Å². The van der Waals surface area contributed by atoms with Crippen molar-refractivity contribution in [1.29, 1.82) is 0 Å². The summed E-state index contributed by atoms with van der Waals surface area (Å²) in [7, 11) is -1.78. The van der Waals surface area contributed by atoms with Crippen LogP contribution in [0.4, 0.5) is 5.82 Å². The number of fused-ring (bicyclic) bond motifs is 1. The molecule has 0 radical (unpaired) electrons. The Morgan fingerprint density at radius 2 is 1.91 bits per heavy atom. The highest BCUT2D eigenvalue weighted by Gasteiger charge is 2.40. The lowest BCUT2D eigenvalue weighted by Gasteiger charge is -2.41. The Kier molecular flexibility index (Phi) is 5.94. The van der Waals surface area contributed by atoms with E-state index >= 15 is 0 Å². The standard InChI is InChI=1S/C24H33N5O2Si/c1-24(2,3)32(4,5)31-18-8-6-17(7-9-18)29-14-20(19-13-26-15-28-23(19)29)22(30)16-10-11-27-21(25)12-16/h10-15,17-18H,6-9H2,1-5H3,(H2,25,27)/t17-,18-. The fraction of sp³-hybridized carbons (Fsp3) is 0.500. The van der Waals surface area contributed by atoms with Crippen molar-refractivity contribution >= 4 is 31.0 Å². The van der Waals surface area contributed by atoms with Crippen molar-refractivity contribution in [2.24, 2.45) is 0 Å². The average molecular weight is 452 g/mol. The molecular formula is C24H33N5O2Si. The number of rotatable bonds is 5. The molecule has 8 heteroatoms. The quantitative estimate of drug-likeness (QED) is 0.426. The van der Waals surface area contributed by atoms with Crippen LogP contribution in [-0.2, 0) is 4.43 Å². The van der Waals surface area contributed by atoms with Crippen molar-refractivity contribution in [2.75, 3.05) is 5.73 Å². The van der Waals surface area contributed by atoms with Gasteiger partial charge in [-0.2, -0.15) is 0 Å². The van der Waals surface area contributed by atoms with E-state index in [-0.39, 0.29) is 16.9 Å². The van der Waals surface area contributed by atoms with Crippen molar-refractivity contribution in [3.63, 3.8) is 0 Å². The van der Waals surface area contributed by atoms with Crippen molar-refractivity contribution in [3.8, 4) is 0 Å². The van der Waals surface area contributed by atoms with Crippen LogP contribution in [0.1, 0.15) is 68.4 Å². The Balaban J connectivity index is 1.57. The molecule has 0 bridgehead atoms. The summed E-state index contributed by atoms with van der Waals surface area (Å²) in [5, 5.41) is 0.982. The smallest absolute Gasteiger partial charge is 0.195 e. The van der Waals surface area contributed by atoms with Gasteiger partial charge in [0.2, 0.25) is 0 Å². The van der Waals surface area contributed by atoms with E-state index in [4.69, 9.17) is 10.2 Å². The molecular weight excluding hydrogens is 418 g/mol. The normalized spacial score (nSPS) is 19.9. The molecule has 1 aliphatic carbocycles. The number of carbonyl (C=O) groups is 1. The number of nitrogens with two attached hydrogens (primary N) is 1. The van der Waals surface area contributed by atoms with Crippen LogP contribution >= 0.6 is 0 Å². The number of pyridine rings is 1. The first-order valence-corrected chi connectivity index (χ1v) is 14.2. The maximum atomic E-state index is 13.2. The highest BCUT2D eigenvalue weighted by molar-refractivity contribution is 6.74. The van der Waals surface area contributed by atoms with Gasteiger partial charge in [0.15, 0.2) is 14.1 Å². The number of ketones is 1. The Bertz CT molecular complexity index is 1130. The highest BCUT2D eigenvalue weighted by Crippen LogP contribution is 2.41. The third-order valence-corrected chi connectivity index (χ3v) is 11.6. The molecule has 0 unspecified atom stereocenters. The molecule has 7 nitrogen and oxygen atoms in total. The van der Waals surface area contributed by atoms with E-state index in [1.54, 1.807) is 30.9 Å². The third-order valence-electron chi connectivity index (χ3n) is 7.09. The molecule has 0 amide bonds. The van der Waals surface area contributed by atoms with Crippen LogP contribution in [0.3, 0.4) is 0 Å². The lowest BCUT2D eigenvalue weighted by Crippen LogP contribution is -2.44. The summed E-state index contributed by atoms with van der Waals surface area (Å²) in [5.74, 6) is 0.239. The Hall–Kier alpha value is -2.58. The summed E-state index contributed by atoms with van der Waals surface area (Å²) in [4.78, 5) is 25.9. The van der Waals surface area contributed by atoms with Crippen LogP contribution in [0.5, 0.6) is 0 Å². The van der Waals surface area contributed by atoms with Gasteiger partial charge in [-0.3, -0.25) is 4.79 Å². The first kappa shape index (κ1) is 22.6. The fourth-order valence-corrected chi connectivity index (χ4v) is 5.65. The average Bonchev–Trinajstić information content (AvgIpc) is 3.12. The highest BCUT2D eigenvalue weighted by atomic mass is 28.4. The maximum absolute atomic E-state index is 13.2. The summed E-state index contributed by atoms with van der Waals surface area (Å²) < 4.78 is 8.82. The lowest BCUT2D eigenvalue weighted by atomic mass is 9.93. The molecule has 0 aromatic carbocycles. The zero-order valence-electron chi connectivity index (χ0n) is 19.6. The number of nitrogens with zero attached hydrogens (tertiary/aromatic N) is 4. The minimum atomic E-state index is -1.78. The number of hydrogen-bond donors (Lipinski definition) is 1. The molecule has 0 saturated heterocycles. The Morgan fingerprint density at radius 3 is 2.56 bits per heavy atom. The zero-order valence-corrected chi connectivity index (χ0v) is 20.6. The summed E-state index contributed by atoms with van der Waals surface area (Å²) >= 11 is 0. The minimum absolute atomic E-state index is 0.0902. The van der Waals surface area contributed by atoms with Crippen LogP contribution in [0.15, 0.2) is 37.1 Å². The Labute approximate surface area is 190 Å². The molecule has 170 valence electrons. The third kappa shape index (κ3) is 4.34. The minimum Gasteiger partial charge on any atom is -0.414 e. The number of anilines is 1. The van der Waals surface area contributed by atoms with E-state index in [1.165, 1.54) is 0 Å². The van der Waals surface area contributed by atoms with E-state index < -0.39 is 8.32 Å². The second-order valence-corrected chi connectivity index (χ2v) is 15.1. The second-order valence-electron chi connectivity index (χ2n) is 10.3. The topological polar surface area (TPSA) is 95.9 Å². The van der Waals surface area contributed by atoms with Gasteiger partial charge in [-0.25, -0.2) is 15.0 Å². The molecule has 3 aromatic heterocycles. The van der Waals surface area contributed by atoms with Crippen LogP contribution < -0.4 is 5.73 Å². The van der Waals surface area contributed by atoms with E-state index in [0.717, 1.165) is 36.7 Å². The lowest BCUT2D eigenvalue weighted by molar-refractivity contribution is 0.103. The SMILES string of the molecule is CC(C)(C)[Si](C)(C)O[C@H]1CC[C@H](n2cc(C(=O)c3ccnc(N)c3)c3cncnc32)CC1. The van der Waals surface area contributed by atoms with Gasteiger partial charge >= 0.3 is 0 Å². The largest absolute Gasteiger partial charge is 0.414 e. The fourth-order valence-electron chi connectivity index (χ4n) is 4.23. The number of hydrogen-bond acceptors (Lipinski definition) is 6. The van der Waals surface area contributed by atoms with Gasteiger partial charge in [-0.1, -0.05) is 20.8 Å². The summed E-state index contributed by atoms with van der Waals surface area (Å²) in [5.41, 5.74) is 7.72. The molecule has 4 rings (SSSR count). The summed E-state index contributed by atoms with van der Waals surface area (Å²) in [6.07, 6.45) is 11.1. The molecule has 1 saturated carbocycles. The molecule has 3 heterocycles. The van der Waals surface area contributed by atoms with E-state index in [0.29, 0.717) is 23.0 Å². The van der Waals surface area contributed by atoms with Crippen LogP contribution in [-0.4, -0.2) is 39.7 Å². The molecule has 32 heavy (non-hydrogen) atoms. The first-order valence-electron chi connectivity index (χ1n) is 11.3. The zero-order chi connectivity index (χ0) is 23.1. The predicted octanol–water partition coefficient (Wildman–Crippen LogP) is 5.15. The molecule has 2 N–H and O–H groups in total. The first-order chi connectivity index (χ1) is 15.1. The van der Waals surface area contributed by atoms with E-state index in [2.05, 4.69) is 53.4 Å².